The SMILES string of the molecule is CCCC(CC)Cc1ccc(S(=O)(=O)[O-])cc1.[Na+]. The Morgan fingerprint density at radius 2 is 1.72 bits per heavy atom. The summed E-state index contributed by atoms with van der Waals surface area (Å²) in [5.74, 6) is 0.634. The summed E-state index contributed by atoms with van der Waals surface area (Å²) in [6.45, 7) is 4.33. The van der Waals surface area contributed by atoms with Crippen LogP contribution in [0.15, 0.2) is 29.2 Å². The van der Waals surface area contributed by atoms with E-state index in [-0.39, 0.29) is 34.5 Å². The molecule has 1 aromatic rings. The molecule has 0 amide bonds. The standard InChI is InChI=1S/C13H20O3S.Na/c1-3-5-11(4-2)10-12-6-8-13(9-7-12)17(14,15)16;/h6-9,11H,3-5,10H2,1-2H3,(H,14,15,16);/q;+1/p-1. The third kappa shape index (κ3) is 5.85. The normalized spacial score (nSPS) is 12.8. The van der Waals surface area contributed by atoms with Crippen molar-refractivity contribution in [3.63, 3.8) is 0 Å². The van der Waals surface area contributed by atoms with Crippen LogP contribution in [0.3, 0.4) is 0 Å². The molecule has 96 valence electrons. The van der Waals surface area contributed by atoms with Crippen LogP contribution in [-0.4, -0.2) is 13.0 Å². The summed E-state index contributed by atoms with van der Waals surface area (Å²) in [5.41, 5.74) is 1.10. The van der Waals surface area contributed by atoms with Gasteiger partial charge in [-0.1, -0.05) is 45.2 Å². The Labute approximate surface area is 132 Å². The Bertz CT molecular complexity index is 440. The molecule has 5 heteroatoms. The van der Waals surface area contributed by atoms with E-state index in [1.54, 1.807) is 12.1 Å². The average Bonchev–Trinajstić information content (AvgIpc) is 2.28. The Morgan fingerprint density at radius 3 is 2.11 bits per heavy atom. The molecule has 1 rings (SSSR count). The monoisotopic (exact) mass is 278 g/mol. The maximum absolute atomic E-state index is 10.8. The van der Waals surface area contributed by atoms with Crippen molar-refractivity contribution >= 4 is 10.1 Å². The zero-order chi connectivity index (χ0) is 12.9. The maximum Gasteiger partial charge on any atom is 1.00 e. The van der Waals surface area contributed by atoms with Crippen LogP contribution in [0.4, 0.5) is 0 Å². The van der Waals surface area contributed by atoms with E-state index in [9.17, 15) is 13.0 Å². The molecular weight excluding hydrogens is 259 g/mol. The van der Waals surface area contributed by atoms with Gasteiger partial charge < -0.3 is 4.55 Å². The van der Waals surface area contributed by atoms with Crippen molar-refractivity contribution in [3.05, 3.63) is 29.8 Å². The fourth-order valence-corrected chi connectivity index (χ4v) is 2.45. The quantitative estimate of drug-likeness (QED) is 0.542. The van der Waals surface area contributed by atoms with Gasteiger partial charge in [0, 0.05) is 0 Å². The Balaban J connectivity index is 0.00000289. The Kier molecular flexibility index (Phi) is 8.39. The van der Waals surface area contributed by atoms with Crippen LogP contribution in [-0.2, 0) is 16.5 Å². The van der Waals surface area contributed by atoms with Crippen molar-refractivity contribution in [3.8, 4) is 0 Å². The molecule has 0 spiro atoms. The topological polar surface area (TPSA) is 57.2 Å². The molecule has 0 heterocycles. The number of rotatable bonds is 6. The first-order chi connectivity index (χ1) is 7.97. The van der Waals surface area contributed by atoms with E-state index in [2.05, 4.69) is 13.8 Å². The second-order valence-corrected chi connectivity index (χ2v) is 5.74. The minimum atomic E-state index is -4.31. The van der Waals surface area contributed by atoms with E-state index >= 15 is 0 Å². The first kappa shape index (κ1) is 18.1. The molecule has 0 bridgehead atoms. The maximum atomic E-state index is 10.8. The van der Waals surface area contributed by atoms with Gasteiger partial charge in [-0.25, -0.2) is 8.42 Å². The smallest absolute Gasteiger partial charge is 0.744 e. The second kappa shape index (κ2) is 8.33. The van der Waals surface area contributed by atoms with Crippen molar-refractivity contribution in [1.29, 1.82) is 0 Å². The second-order valence-electron chi connectivity index (χ2n) is 4.37. The molecule has 0 saturated carbocycles. The van der Waals surface area contributed by atoms with Crippen LogP contribution in [0.5, 0.6) is 0 Å². The molecule has 0 aliphatic rings. The van der Waals surface area contributed by atoms with E-state index in [0.29, 0.717) is 5.92 Å². The predicted octanol–water partition coefficient (Wildman–Crippen LogP) is -0.0365. The van der Waals surface area contributed by atoms with Gasteiger partial charge in [0.1, 0.15) is 10.1 Å². The van der Waals surface area contributed by atoms with Crippen molar-refractivity contribution in [2.45, 2.75) is 44.4 Å². The number of benzene rings is 1. The fourth-order valence-electron chi connectivity index (χ4n) is 1.98. The average molecular weight is 278 g/mol. The molecule has 18 heavy (non-hydrogen) atoms. The van der Waals surface area contributed by atoms with Gasteiger partial charge in [0.2, 0.25) is 0 Å². The van der Waals surface area contributed by atoms with Gasteiger partial charge in [-0.05, 0) is 30.0 Å². The van der Waals surface area contributed by atoms with Gasteiger partial charge in [-0.15, -0.1) is 0 Å². The van der Waals surface area contributed by atoms with Crippen molar-refractivity contribution in [2.24, 2.45) is 5.92 Å². The third-order valence-electron chi connectivity index (χ3n) is 3.01. The molecule has 0 saturated heterocycles. The molecule has 0 aromatic heterocycles. The van der Waals surface area contributed by atoms with Crippen LogP contribution in [0, 0.1) is 5.92 Å². The van der Waals surface area contributed by atoms with Gasteiger partial charge in [-0.3, -0.25) is 0 Å². The van der Waals surface area contributed by atoms with Crippen molar-refractivity contribution < 1.29 is 42.5 Å². The van der Waals surface area contributed by atoms with E-state index in [0.717, 1.165) is 24.8 Å². The molecule has 0 radical (unpaired) electrons. The number of hydrogen-bond acceptors (Lipinski definition) is 3. The van der Waals surface area contributed by atoms with E-state index < -0.39 is 10.1 Å². The molecule has 3 nitrogen and oxygen atoms in total. The van der Waals surface area contributed by atoms with Gasteiger partial charge in [0.15, 0.2) is 0 Å². The molecular formula is C13H19NaO3S. The van der Waals surface area contributed by atoms with E-state index in [1.807, 2.05) is 0 Å². The molecule has 1 aromatic carbocycles. The third-order valence-corrected chi connectivity index (χ3v) is 3.86. The Hall–Kier alpha value is 0.130. The van der Waals surface area contributed by atoms with Crippen molar-refractivity contribution in [2.75, 3.05) is 0 Å². The summed E-state index contributed by atoms with van der Waals surface area (Å²) in [5, 5.41) is 0. The van der Waals surface area contributed by atoms with Crippen LogP contribution >= 0.6 is 0 Å². The Morgan fingerprint density at radius 1 is 1.17 bits per heavy atom. The molecule has 1 unspecified atom stereocenters. The van der Waals surface area contributed by atoms with Gasteiger partial charge >= 0.3 is 29.6 Å². The first-order valence-electron chi connectivity index (χ1n) is 6.02. The summed E-state index contributed by atoms with van der Waals surface area (Å²) < 4.78 is 32.3. The minimum absolute atomic E-state index is 0. The molecule has 0 aliphatic heterocycles. The van der Waals surface area contributed by atoms with Crippen LogP contribution < -0.4 is 29.6 Å². The van der Waals surface area contributed by atoms with Gasteiger partial charge in [-0.2, -0.15) is 0 Å². The largest absolute Gasteiger partial charge is 1.00 e. The van der Waals surface area contributed by atoms with Gasteiger partial charge in [0.25, 0.3) is 0 Å². The fraction of sp³-hybridized carbons (Fsp3) is 0.538. The summed E-state index contributed by atoms with van der Waals surface area (Å²) in [4.78, 5) is -0.148. The summed E-state index contributed by atoms with van der Waals surface area (Å²) in [7, 11) is -4.31. The minimum Gasteiger partial charge on any atom is -0.744 e. The molecule has 0 N–H and O–H groups in total. The predicted molar refractivity (Wildman–Crippen MR) is 66.8 cm³/mol. The van der Waals surface area contributed by atoms with Crippen LogP contribution in [0.1, 0.15) is 38.7 Å². The summed E-state index contributed by atoms with van der Waals surface area (Å²) in [6, 6.07) is 6.28. The zero-order valence-corrected chi connectivity index (χ0v) is 14.2. The zero-order valence-electron chi connectivity index (χ0n) is 11.3. The summed E-state index contributed by atoms with van der Waals surface area (Å²) in [6.07, 6.45) is 4.41. The van der Waals surface area contributed by atoms with Crippen LogP contribution in [0.25, 0.3) is 0 Å². The van der Waals surface area contributed by atoms with Crippen molar-refractivity contribution in [1.82, 2.24) is 0 Å². The first-order valence-corrected chi connectivity index (χ1v) is 7.43. The number of hydrogen-bond donors (Lipinski definition) is 0. The molecule has 0 aliphatic carbocycles. The van der Waals surface area contributed by atoms with E-state index in [1.165, 1.54) is 18.6 Å². The van der Waals surface area contributed by atoms with Crippen LogP contribution in [0.2, 0.25) is 0 Å². The molecule has 1 atom stereocenters. The summed E-state index contributed by atoms with van der Waals surface area (Å²) >= 11 is 0. The molecule has 0 fully saturated rings. The van der Waals surface area contributed by atoms with Gasteiger partial charge in [0.05, 0.1) is 4.90 Å². The van der Waals surface area contributed by atoms with E-state index in [4.69, 9.17) is 0 Å².